The van der Waals surface area contributed by atoms with Gasteiger partial charge in [-0.05, 0) is 29.9 Å². The molecule has 0 aliphatic heterocycles. The van der Waals surface area contributed by atoms with Crippen LogP contribution >= 0.6 is 35.4 Å². The molecule has 1 aromatic carbocycles. The minimum atomic E-state index is -0.411. The summed E-state index contributed by atoms with van der Waals surface area (Å²) in [7, 11) is 0. The number of hydrogen-bond donors (Lipinski definition) is 2. The van der Waals surface area contributed by atoms with Crippen molar-refractivity contribution in [3.8, 4) is 0 Å². The molecule has 0 aromatic heterocycles. The Kier molecular flexibility index (Phi) is 4.49. The summed E-state index contributed by atoms with van der Waals surface area (Å²) < 4.78 is 0. The molecule has 16 heavy (non-hydrogen) atoms. The lowest BCUT2D eigenvalue weighted by atomic mass is 10.1. The second-order valence-corrected chi connectivity index (χ2v) is 4.26. The Morgan fingerprint density at radius 2 is 2.00 bits per heavy atom. The van der Waals surface area contributed by atoms with E-state index < -0.39 is 5.91 Å². The van der Waals surface area contributed by atoms with Crippen LogP contribution in [-0.4, -0.2) is 16.0 Å². The van der Waals surface area contributed by atoms with Gasteiger partial charge in [-0.15, -0.1) is 0 Å². The average molecular weight is 278 g/mol. The minimum absolute atomic E-state index is 0.0602. The molecular weight excluding hydrogens is 269 g/mol. The molecule has 0 spiro atoms. The fourth-order valence-corrected chi connectivity index (χ4v) is 1.45. The number of hydrogen-bond acceptors (Lipinski definition) is 3. The van der Waals surface area contributed by atoms with E-state index in [1.807, 2.05) is 0 Å². The smallest absolute Gasteiger partial charge is 0.247 e. The van der Waals surface area contributed by atoms with E-state index in [0.29, 0.717) is 15.6 Å². The fraction of sp³-hybridized carbons (Fsp3) is 0.111. The highest BCUT2D eigenvalue weighted by Gasteiger charge is 2.13. The van der Waals surface area contributed by atoms with Crippen molar-refractivity contribution in [2.75, 3.05) is 0 Å². The van der Waals surface area contributed by atoms with Crippen LogP contribution in [0.3, 0.4) is 0 Å². The van der Waals surface area contributed by atoms with Gasteiger partial charge in [0.25, 0.3) is 0 Å². The standard InChI is InChI=1S/C9H9Cl2N3OS/c10-6-2-1-5(3-7(6)11)4-8(15)14(13)9(12)16/h1-3H,4,13H2,(H2,12,16). The maximum Gasteiger partial charge on any atom is 0.247 e. The molecule has 4 N–H and O–H groups in total. The van der Waals surface area contributed by atoms with E-state index in [2.05, 4.69) is 12.2 Å². The van der Waals surface area contributed by atoms with E-state index in [-0.39, 0.29) is 11.5 Å². The van der Waals surface area contributed by atoms with E-state index in [0.717, 1.165) is 5.01 Å². The van der Waals surface area contributed by atoms with Crippen molar-refractivity contribution >= 4 is 46.4 Å². The third-order valence-electron chi connectivity index (χ3n) is 1.85. The predicted octanol–water partition coefficient (Wildman–Crippen LogP) is 1.48. The van der Waals surface area contributed by atoms with Crippen LogP contribution in [-0.2, 0) is 11.2 Å². The molecule has 0 fully saturated rings. The Hall–Kier alpha value is -0.880. The van der Waals surface area contributed by atoms with Crippen molar-refractivity contribution in [1.82, 2.24) is 5.01 Å². The molecule has 0 atom stereocenters. The molecule has 0 bridgehead atoms. The van der Waals surface area contributed by atoms with Gasteiger partial charge in [0.1, 0.15) is 0 Å². The van der Waals surface area contributed by atoms with Crippen LogP contribution in [0.2, 0.25) is 10.0 Å². The number of nitrogens with zero attached hydrogens (tertiary/aromatic N) is 1. The summed E-state index contributed by atoms with van der Waals surface area (Å²) in [5.74, 6) is 4.92. The zero-order valence-electron chi connectivity index (χ0n) is 8.11. The van der Waals surface area contributed by atoms with Crippen LogP contribution in [0.25, 0.3) is 0 Å². The number of hydrazine groups is 1. The van der Waals surface area contributed by atoms with Crippen molar-refractivity contribution in [1.29, 1.82) is 0 Å². The monoisotopic (exact) mass is 277 g/mol. The van der Waals surface area contributed by atoms with E-state index in [9.17, 15) is 4.79 Å². The Morgan fingerprint density at radius 1 is 1.38 bits per heavy atom. The summed E-state index contributed by atoms with van der Waals surface area (Å²) in [6.07, 6.45) is 0.0602. The van der Waals surface area contributed by atoms with E-state index in [1.54, 1.807) is 18.2 Å². The summed E-state index contributed by atoms with van der Waals surface area (Å²) in [4.78, 5) is 11.5. The highest BCUT2D eigenvalue weighted by Crippen LogP contribution is 2.22. The molecular formula is C9H9Cl2N3OS. The van der Waals surface area contributed by atoms with Crippen molar-refractivity contribution in [3.63, 3.8) is 0 Å². The zero-order chi connectivity index (χ0) is 12.3. The third kappa shape index (κ3) is 3.31. The first-order chi connectivity index (χ1) is 7.41. The molecule has 1 rings (SSSR count). The Labute approximate surface area is 108 Å². The van der Waals surface area contributed by atoms with Crippen LogP contribution < -0.4 is 11.6 Å². The molecule has 0 aliphatic carbocycles. The van der Waals surface area contributed by atoms with Crippen molar-refractivity contribution in [3.05, 3.63) is 33.8 Å². The quantitative estimate of drug-likeness (QED) is 0.372. The summed E-state index contributed by atoms with van der Waals surface area (Å²) in [5, 5.41) is 1.35. The predicted molar refractivity (Wildman–Crippen MR) is 68.0 cm³/mol. The molecule has 0 radical (unpaired) electrons. The maximum atomic E-state index is 11.5. The highest BCUT2D eigenvalue weighted by molar-refractivity contribution is 7.80. The molecule has 7 heteroatoms. The Bertz CT molecular complexity index is 439. The molecule has 1 aromatic rings. The Balaban J connectivity index is 2.77. The first-order valence-electron chi connectivity index (χ1n) is 4.23. The van der Waals surface area contributed by atoms with Crippen molar-refractivity contribution in [2.45, 2.75) is 6.42 Å². The molecule has 0 heterocycles. The lowest BCUT2D eigenvalue weighted by Gasteiger charge is -2.13. The number of amides is 1. The average Bonchev–Trinajstić information content (AvgIpc) is 2.22. The number of rotatable bonds is 2. The van der Waals surface area contributed by atoms with Gasteiger partial charge >= 0.3 is 0 Å². The number of thiocarbonyl (C=S) groups is 1. The SMILES string of the molecule is NC(=S)N(N)C(=O)Cc1ccc(Cl)c(Cl)c1. The van der Waals surface area contributed by atoms with Crippen LogP contribution in [0.15, 0.2) is 18.2 Å². The van der Waals surface area contributed by atoms with Gasteiger partial charge in [0, 0.05) is 0 Å². The van der Waals surface area contributed by atoms with Gasteiger partial charge in [0.05, 0.1) is 16.5 Å². The topological polar surface area (TPSA) is 72.3 Å². The van der Waals surface area contributed by atoms with Gasteiger partial charge in [-0.2, -0.15) is 0 Å². The number of benzene rings is 1. The van der Waals surface area contributed by atoms with Crippen LogP contribution in [0, 0.1) is 0 Å². The number of carbonyl (C=O) groups is 1. The van der Waals surface area contributed by atoms with E-state index in [1.165, 1.54) is 0 Å². The summed E-state index contributed by atoms with van der Waals surface area (Å²) in [6, 6.07) is 4.88. The number of halogens is 2. The van der Waals surface area contributed by atoms with Gasteiger partial charge in [-0.1, -0.05) is 29.3 Å². The van der Waals surface area contributed by atoms with Gasteiger partial charge < -0.3 is 5.73 Å². The normalized spacial score (nSPS) is 9.94. The fourth-order valence-electron chi connectivity index (χ4n) is 1.03. The molecule has 0 saturated carbocycles. The molecule has 86 valence electrons. The molecule has 1 amide bonds. The van der Waals surface area contributed by atoms with Crippen LogP contribution in [0.4, 0.5) is 0 Å². The van der Waals surface area contributed by atoms with Gasteiger partial charge in [0.15, 0.2) is 5.11 Å². The molecule has 4 nitrogen and oxygen atoms in total. The second kappa shape index (κ2) is 5.45. The number of nitrogens with two attached hydrogens (primary N) is 2. The maximum absolute atomic E-state index is 11.5. The van der Waals surface area contributed by atoms with Crippen molar-refractivity contribution in [2.24, 2.45) is 11.6 Å². The van der Waals surface area contributed by atoms with E-state index in [4.69, 9.17) is 34.8 Å². The summed E-state index contributed by atoms with van der Waals surface area (Å²) >= 11 is 16.1. The van der Waals surface area contributed by atoms with E-state index >= 15 is 0 Å². The molecule has 0 unspecified atom stereocenters. The largest absolute Gasteiger partial charge is 0.375 e. The third-order valence-corrected chi connectivity index (χ3v) is 2.78. The molecule has 0 saturated heterocycles. The van der Waals surface area contributed by atoms with Gasteiger partial charge in [-0.25, -0.2) is 10.9 Å². The lowest BCUT2D eigenvalue weighted by molar-refractivity contribution is -0.126. The zero-order valence-corrected chi connectivity index (χ0v) is 10.4. The first kappa shape index (κ1) is 13.2. The first-order valence-corrected chi connectivity index (χ1v) is 5.39. The summed E-state index contributed by atoms with van der Waals surface area (Å²) in [6.45, 7) is 0. The summed E-state index contributed by atoms with van der Waals surface area (Å²) in [5.41, 5.74) is 5.90. The highest BCUT2D eigenvalue weighted by atomic mass is 35.5. The van der Waals surface area contributed by atoms with Crippen LogP contribution in [0.1, 0.15) is 5.56 Å². The minimum Gasteiger partial charge on any atom is -0.375 e. The lowest BCUT2D eigenvalue weighted by Crippen LogP contribution is -2.46. The molecule has 0 aliphatic rings. The number of carbonyl (C=O) groups excluding carboxylic acids is 1. The van der Waals surface area contributed by atoms with Crippen molar-refractivity contribution < 1.29 is 4.79 Å². The van der Waals surface area contributed by atoms with Gasteiger partial charge in [-0.3, -0.25) is 4.79 Å². The Morgan fingerprint density at radius 3 is 2.50 bits per heavy atom. The van der Waals surface area contributed by atoms with Crippen LogP contribution in [0.5, 0.6) is 0 Å². The van der Waals surface area contributed by atoms with Gasteiger partial charge in [0.2, 0.25) is 5.91 Å². The second-order valence-electron chi connectivity index (χ2n) is 3.03.